The number of pyridine rings is 1. The van der Waals surface area contributed by atoms with E-state index in [4.69, 9.17) is 0 Å². The second-order valence-electron chi connectivity index (χ2n) is 5.29. The van der Waals surface area contributed by atoms with Crippen LogP contribution in [0.5, 0.6) is 0 Å². The van der Waals surface area contributed by atoms with Crippen LogP contribution >= 0.6 is 0 Å². The van der Waals surface area contributed by atoms with Crippen LogP contribution < -0.4 is 5.32 Å². The summed E-state index contributed by atoms with van der Waals surface area (Å²) < 4.78 is 0. The Labute approximate surface area is 108 Å². The van der Waals surface area contributed by atoms with E-state index < -0.39 is 5.54 Å². The number of rotatable bonds is 4. The topological polar surface area (TPSA) is 59.1 Å². The molecule has 98 valence electrons. The summed E-state index contributed by atoms with van der Waals surface area (Å²) in [4.78, 5) is 26.5. The van der Waals surface area contributed by atoms with Crippen LogP contribution in [0, 0.1) is 13.8 Å². The van der Waals surface area contributed by atoms with Gasteiger partial charge in [0.25, 0.3) is 0 Å². The molecule has 0 aromatic carbocycles. The Morgan fingerprint density at radius 3 is 2.56 bits per heavy atom. The summed E-state index contributed by atoms with van der Waals surface area (Å²) in [5, 5.41) is 2.87. The van der Waals surface area contributed by atoms with Gasteiger partial charge in [0, 0.05) is 18.2 Å². The quantitative estimate of drug-likeness (QED) is 0.829. The third-order valence-corrected chi connectivity index (χ3v) is 2.84. The van der Waals surface area contributed by atoms with E-state index in [1.807, 2.05) is 33.8 Å². The number of amides is 1. The van der Waals surface area contributed by atoms with Crippen LogP contribution in [0.15, 0.2) is 6.07 Å². The van der Waals surface area contributed by atoms with E-state index >= 15 is 0 Å². The first kappa shape index (κ1) is 14.4. The second-order valence-corrected chi connectivity index (χ2v) is 5.29. The van der Waals surface area contributed by atoms with Crippen LogP contribution in [-0.4, -0.2) is 22.7 Å². The highest BCUT2D eigenvalue weighted by Crippen LogP contribution is 2.17. The largest absolute Gasteiger partial charge is 0.351 e. The van der Waals surface area contributed by atoms with Crippen molar-refractivity contribution >= 4 is 12.2 Å². The number of hydrogen-bond donors (Lipinski definition) is 1. The molecule has 4 nitrogen and oxygen atoms in total. The third kappa shape index (κ3) is 3.65. The number of carbonyl (C=O) groups excluding carboxylic acids is 2. The Balaban J connectivity index is 3.06. The van der Waals surface area contributed by atoms with Crippen molar-refractivity contribution in [1.82, 2.24) is 10.3 Å². The molecule has 18 heavy (non-hydrogen) atoms. The summed E-state index contributed by atoms with van der Waals surface area (Å²) in [5.41, 5.74) is 2.84. The normalized spacial score (nSPS) is 11.2. The van der Waals surface area contributed by atoms with Gasteiger partial charge in [0.15, 0.2) is 6.29 Å². The Bertz CT molecular complexity index is 479. The highest BCUT2D eigenvalue weighted by Gasteiger charge is 2.21. The number of carbonyl (C=O) groups is 2. The van der Waals surface area contributed by atoms with Gasteiger partial charge in [-0.25, -0.2) is 4.98 Å². The first-order valence-corrected chi connectivity index (χ1v) is 5.96. The average molecular weight is 248 g/mol. The molecule has 0 aliphatic rings. The van der Waals surface area contributed by atoms with Crippen LogP contribution in [0.2, 0.25) is 0 Å². The lowest BCUT2D eigenvalue weighted by molar-refractivity contribution is -0.120. The van der Waals surface area contributed by atoms with Crippen molar-refractivity contribution in [2.45, 2.75) is 46.6 Å². The van der Waals surface area contributed by atoms with E-state index in [1.54, 1.807) is 0 Å². The fourth-order valence-electron chi connectivity index (χ4n) is 2.02. The summed E-state index contributed by atoms with van der Waals surface area (Å²) in [6.07, 6.45) is 1.35. The fourth-order valence-corrected chi connectivity index (χ4v) is 2.02. The molecule has 0 saturated heterocycles. The zero-order valence-corrected chi connectivity index (χ0v) is 11.6. The number of aldehydes is 1. The van der Waals surface area contributed by atoms with E-state index in [1.165, 1.54) is 6.92 Å². The third-order valence-electron chi connectivity index (χ3n) is 2.84. The molecule has 0 atom stereocenters. The minimum atomic E-state index is -0.396. The van der Waals surface area contributed by atoms with Gasteiger partial charge < -0.3 is 5.32 Å². The van der Waals surface area contributed by atoms with Gasteiger partial charge in [-0.05, 0) is 45.2 Å². The number of aromatic nitrogens is 1. The van der Waals surface area contributed by atoms with Gasteiger partial charge in [0.05, 0.1) is 0 Å². The first-order valence-electron chi connectivity index (χ1n) is 5.96. The van der Waals surface area contributed by atoms with Gasteiger partial charge >= 0.3 is 0 Å². The molecule has 1 aromatic rings. The summed E-state index contributed by atoms with van der Waals surface area (Å²) in [5.74, 6) is -0.0792. The Kier molecular flexibility index (Phi) is 4.22. The van der Waals surface area contributed by atoms with Crippen molar-refractivity contribution in [2.75, 3.05) is 0 Å². The summed E-state index contributed by atoms with van der Waals surface area (Å²) in [7, 11) is 0. The van der Waals surface area contributed by atoms with Crippen LogP contribution in [0.3, 0.4) is 0 Å². The molecule has 1 heterocycles. The fraction of sp³-hybridized carbons (Fsp3) is 0.500. The highest BCUT2D eigenvalue weighted by atomic mass is 16.1. The molecule has 4 heteroatoms. The molecule has 0 aliphatic carbocycles. The number of nitrogens with one attached hydrogen (secondary N) is 1. The highest BCUT2D eigenvalue weighted by molar-refractivity contribution is 5.75. The standard InChI is InChI=1S/C14H20N2O2/c1-9-6-12(13(8-17)15-10(9)2)7-14(4,5)16-11(3)18/h6,8H,7H2,1-5H3,(H,16,18). The second kappa shape index (κ2) is 5.29. The van der Waals surface area contributed by atoms with Crippen LogP contribution in [0.1, 0.15) is 48.1 Å². The Morgan fingerprint density at radius 2 is 2.06 bits per heavy atom. The monoisotopic (exact) mass is 248 g/mol. The molecule has 1 aromatic heterocycles. The van der Waals surface area contributed by atoms with Crippen LogP contribution in [0.25, 0.3) is 0 Å². The lowest BCUT2D eigenvalue weighted by Crippen LogP contribution is -2.44. The molecule has 0 fully saturated rings. The smallest absolute Gasteiger partial charge is 0.217 e. The van der Waals surface area contributed by atoms with Crippen molar-refractivity contribution in [1.29, 1.82) is 0 Å². The van der Waals surface area contributed by atoms with Crippen molar-refractivity contribution in [3.05, 3.63) is 28.6 Å². The summed E-state index contributed by atoms with van der Waals surface area (Å²) in [6, 6.07) is 1.97. The molecular formula is C14H20N2O2. The number of aryl methyl sites for hydroxylation is 2. The van der Waals surface area contributed by atoms with Crippen LogP contribution in [0.4, 0.5) is 0 Å². The van der Waals surface area contributed by atoms with Gasteiger partial charge in [0.1, 0.15) is 5.69 Å². The van der Waals surface area contributed by atoms with E-state index in [0.29, 0.717) is 12.1 Å². The first-order chi connectivity index (χ1) is 8.25. The van der Waals surface area contributed by atoms with Crippen molar-refractivity contribution in [2.24, 2.45) is 0 Å². The minimum Gasteiger partial charge on any atom is -0.351 e. The zero-order valence-electron chi connectivity index (χ0n) is 11.6. The maximum Gasteiger partial charge on any atom is 0.217 e. The average Bonchev–Trinajstić information content (AvgIpc) is 2.20. The molecule has 0 bridgehead atoms. The minimum absolute atomic E-state index is 0.0792. The van der Waals surface area contributed by atoms with Gasteiger partial charge in [-0.15, -0.1) is 0 Å². The molecule has 0 saturated carbocycles. The number of hydrogen-bond acceptors (Lipinski definition) is 3. The lowest BCUT2D eigenvalue weighted by Gasteiger charge is -2.26. The summed E-state index contributed by atoms with van der Waals surface area (Å²) in [6.45, 7) is 9.19. The Morgan fingerprint density at radius 1 is 1.44 bits per heavy atom. The summed E-state index contributed by atoms with van der Waals surface area (Å²) >= 11 is 0. The van der Waals surface area contributed by atoms with Gasteiger partial charge in [-0.1, -0.05) is 6.07 Å². The maximum atomic E-state index is 11.1. The molecule has 0 unspecified atom stereocenters. The SMILES string of the molecule is CC(=O)NC(C)(C)Cc1cc(C)c(C)nc1C=O. The van der Waals surface area contributed by atoms with Crippen LogP contribution in [-0.2, 0) is 11.2 Å². The molecule has 1 rings (SSSR count). The van der Waals surface area contributed by atoms with Crippen molar-refractivity contribution < 1.29 is 9.59 Å². The molecule has 1 amide bonds. The predicted molar refractivity (Wildman–Crippen MR) is 70.7 cm³/mol. The Hall–Kier alpha value is -1.71. The van der Waals surface area contributed by atoms with Gasteiger partial charge in [-0.2, -0.15) is 0 Å². The molecule has 1 N–H and O–H groups in total. The molecular weight excluding hydrogens is 228 g/mol. The lowest BCUT2D eigenvalue weighted by atomic mass is 9.93. The number of nitrogens with zero attached hydrogens (tertiary/aromatic N) is 1. The molecule has 0 spiro atoms. The van der Waals surface area contributed by atoms with E-state index in [9.17, 15) is 9.59 Å². The van der Waals surface area contributed by atoms with Crippen molar-refractivity contribution in [3.63, 3.8) is 0 Å². The van der Waals surface area contributed by atoms with Gasteiger partial charge in [-0.3, -0.25) is 9.59 Å². The van der Waals surface area contributed by atoms with Gasteiger partial charge in [0.2, 0.25) is 5.91 Å². The predicted octanol–water partition coefficient (Wildman–Crippen LogP) is 1.97. The molecule has 0 aliphatic heterocycles. The maximum absolute atomic E-state index is 11.1. The van der Waals surface area contributed by atoms with Crippen molar-refractivity contribution in [3.8, 4) is 0 Å². The van der Waals surface area contributed by atoms with E-state index in [2.05, 4.69) is 10.3 Å². The zero-order chi connectivity index (χ0) is 13.9. The van der Waals surface area contributed by atoms with E-state index in [-0.39, 0.29) is 5.91 Å². The molecule has 0 radical (unpaired) electrons. The van der Waals surface area contributed by atoms with E-state index in [0.717, 1.165) is 23.1 Å².